The summed E-state index contributed by atoms with van der Waals surface area (Å²) in [5, 5.41) is 32.0. The molecule has 2 aromatic carbocycles. The third-order valence-corrected chi connectivity index (χ3v) is 5.52. The van der Waals surface area contributed by atoms with Crippen LogP contribution in [0.15, 0.2) is 40.9 Å². The quantitative estimate of drug-likeness (QED) is 0.360. The fourth-order valence-corrected chi connectivity index (χ4v) is 4.34. The number of halogens is 3. The van der Waals surface area contributed by atoms with Crippen molar-refractivity contribution in [3.8, 4) is 12.1 Å². The summed E-state index contributed by atoms with van der Waals surface area (Å²) in [5.74, 6) is 0.611. The topological polar surface area (TPSA) is 110 Å². The van der Waals surface area contributed by atoms with Gasteiger partial charge in [0.1, 0.15) is 0 Å². The van der Waals surface area contributed by atoms with Crippen molar-refractivity contribution < 1.29 is 0 Å². The number of nitrogens with zero attached hydrogens (tertiary/aromatic N) is 5. The molecule has 0 aliphatic rings. The number of hydrogen-bond donors (Lipinski definition) is 2. The Kier molecular flexibility index (Phi) is 7.20. The van der Waals surface area contributed by atoms with Crippen LogP contribution in [0.4, 0.5) is 23.1 Å². The monoisotopic (exact) mass is 579 g/mol. The number of aryl methyl sites for hydroxylation is 1. The predicted octanol–water partition coefficient (Wildman–Crippen LogP) is 5.71. The third kappa shape index (κ3) is 5.54. The van der Waals surface area contributed by atoms with Crippen LogP contribution >= 0.6 is 50.1 Å². The summed E-state index contributed by atoms with van der Waals surface area (Å²) in [6.07, 6.45) is 1.15. The molecule has 0 fully saturated rings. The zero-order chi connectivity index (χ0) is 20.8. The van der Waals surface area contributed by atoms with Crippen LogP contribution in [-0.4, -0.2) is 15.2 Å². The second-order valence-electron chi connectivity index (χ2n) is 5.81. The van der Waals surface area contributed by atoms with E-state index in [9.17, 15) is 0 Å². The van der Waals surface area contributed by atoms with E-state index in [1.165, 1.54) is 0 Å². The Morgan fingerprint density at radius 1 is 1.10 bits per heavy atom. The summed E-state index contributed by atoms with van der Waals surface area (Å²) in [6.45, 7) is 0. The zero-order valence-electron chi connectivity index (χ0n) is 14.7. The Labute approximate surface area is 194 Å². The maximum Gasteiger partial charge on any atom is 0.249 e. The Bertz CT molecular complexity index is 1100. The molecule has 29 heavy (non-hydrogen) atoms. The molecule has 7 nitrogen and oxygen atoms in total. The normalized spacial score (nSPS) is 10.1. The van der Waals surface area contributed by atoms with Crippen molar-refractivity contribution in [3.05, 3.63) is 60.7 Å². The maximum absolute atomic E-state index is 8.89. The van der Waals surface area contributed by atoms with Gasteiger partial charge in [-0.15, -0.1) is 10.2 Å². The Morgan fingerprint density at radius 2 is 1.86 bits per heavy atom. The molecule has 0 amide bonds. The first kappa shape index (κ1) is 21.2. The first-order valence-electron chi connectivity index (χ1n) is 8.29. The average Bonchev–Trinajstić information content (AvgIpc) is 2.72. The molecule has 0 spiro atoms. The summed E-state index contributed by atoms with van der Waals surface area (Å²) in [5.41, 5.74) is 3.13. The van der Waals surface area contributed by atoms with Crippen molar-refractivity contribution in [2.45, 2.75) is 12.8 Å². The van der Waals surface area contributed by atoms with Crippen molar-refractivity contribution in [1.82, 2.24) is 15.2 Å². The molecule has 3 rings (SSSR count). The molecule has 0 aliphatic heterocycles. The molecule has 144 valence electrons. The summed E-state index contributed by atoms with van der Waals surface area (Å²) in [4.78, 5) is 4.40. The van der Waals surface area contributed by atoms with Gasteiger partial charge in [0.05, 0.1) is 23.4 Å². The number of anilines is 4. The van der Waals surface area contributed by atoms with Crippen LogP contribution < -0.4 is 10.6 Å². The molecule has 2 N–H and O–H groups in total. The lowest BCUT2D eigenvalue weighted by molar-refractivity contribution is 0.980. The van der Waals surface area contributed by atoms with Crippen LogP contribution in [-0.2, 0) is 6.42 Å². The number of nitriles is 2. The first-order valence-corrected chi connectivity index (χ1v) is 10.5. The smallest absolute Gasteiger partial charge is 0.249 e. The highest BCUT2D eigenvalue weighted by atomic mass is 127. The fourth-order valence-electron chi connectivity index (χ4n) is 2.41. The SMILES string of the molecule is N#CCCc1cc(Br)c(Nc2nnc(Cl)c(Nc3ccc(C#N)cc3)n2)c(I)c1. The van der Waals surface area contributed by atoms with Gasteiger partial charge in [-0.2, -0.15) is 15.5 Å². The lowest BCUT2D eigenvalue weighted by Gasteiger charge is -2.13. The van der Waals surface area contributed by atoms with E-state index in [1.807, 2.05) is 12.1 Å². The van der Waals surface area contributed by atoms with Gasteiger partial charge < -0.3 is 10.6 Å². The molecule has 0 radical (unpaired) electrons. The molecule has 0 saturated heterocycles. The number of rotatable bonds is 6. The number of aromatic nitrogens is 3. The molecule has 0 bridgehead atoms. The van der Waals surface area contributed by atoms with Gasteiger partial charge in [-0.1, -0.05) is 11.6 Å². The Balaban J connectivity index is 1.83. The van der Waals surface area contributed by atoms with Crippen molar-refractivity contribution in [3.63, 3.8) is 0 Å². The average molecular weight is 581 g/mol. The van der Waals surface area contributed by atoms with Gasteiger partial charge in [-0.25, -0.2) is 0 Å². The van der Waals surface area contributed by atoms with E-state index in [2.05, 4.69) is 76.5 Å². The van der Waals surface area contributed by atoms with Crippen molar-refractivity contribution in [2.75, 3.05) is 10.6 Å². The van der Waals surface area contributed by atoms with E-state index < -0.39 is 0 Å². The van der Waals surface area contributed by atoms with Crippen LogP contribution in [0.25, 0.3) is 0 Å². The largest absolute Gasteiger partial charge is 0.337 e. The van der Waals surface area contributed by atoms with Gasteiger partial charge >= 0.3 is 0 Å². The Morgan fingerprint density at radius 3 is 2.52 bits per heavy atom. The molecular weight excluding hydrogens is 569 g/mol. The van der Waals surface area contributed by atoms with Gasteiger partial charge in [-0.05, 0) is 86.9 Å². The molecule has 0 saturated carbocycles. The molecule has 0 aliphatic carbocycles. The van der Waals surface area contributed by atoms with Gasteiger partial charge in [0.25, 0.3) is 0 Å². The van der Waals surface area contributed by atoms with Crippen LogP contribution in [0, 0.1) is 26.2 Å². The van der Waals surface area contributed by atoms with E-state index in [0.717, 1.165) is 25.0 Å². The summed E-state index contributed by atoms with van der Waals surface area (Å²) >= 11 is 11.9. The second-order valence-corrected chi connectivity index (χ2v) is 8.18. The number of nitrogens with one attached hydrogen (secondary N) is 2. The van der Waals surface area contributed by atoms with E-state index in [-0.39, 0.29) is 11.1 Å². The van der Waals surface area contributed by atoms with Gasteiger partial charge in [-0.3, -0.25) is 0 Å². The second kappa shape index (κ2) is 9.83. The molecular formula is C19H12BrClIN7. The number of hydrogen-bond acceptors (Lipinski definition) is 7. The number of benzene rings is 2. The van der Waals surface area contributed by atoms with Crippen molar-refractivity contribution >= 4 is 73.3 Å². The van der Waals surface area contributed by atoms with E-state index in [0.29, 0.717) is 24.2 Å². The van der Waals surface area contributed by atoms with Crippen LogP contribution in [0.3, 0.4) is 0 Å². The minimum atomic E-state index is 0.125. The highest BCUT2D eigenvalue weighted by Crippen LogP contribution is 2.32. The van der Waals surface area contributed by atoms with Gasteiger partial charge in [0, 0.05) is 20.2 Å². The van der Waals surface area contributed by atoms with Gasteiger partial charge in [0.15, 0.2) is 11.0 Å². The Hall–Kier alpha value is -2.47. The minimum absolute atomic E-state index is 0.125. The lowest BCUT2D eigenvalue weighted by Crippen LogP contribution is -2.05. The molecule has 3 aromatic rings. The van der Waals surface area contributed by atoms with Crippen molar-refractivity contribution in [1.29, 1.82) is 10.5 Å². The standard InChI is InChI=1S/C19H12BrClIN7/c20-14-8-12(2-1-7-23)9-15(22)16(14)26-19-27-18(17(21)28-29-19)25-13-5-3-11(10-24)4-6-13/h3-6,8-9H,1-2H2,(H2,25,26,27,29). The third-order valence-electron chi connectivity index (χ3n) is 3.79. The van der Waals surface area contributed by atoms with E-state index in [1.54, 1.807) is 24.3 Å². The van der Waals surface area contributed by atoms with E-state index in [4.69, 9.17) is 22.1 Å². The van der Waals surface area contributed by atoms with Crippen LogP contribution in [0.1, 0.15) is 17.5 Å². The van der Waals surface area contributed by atoms with Crippen molar-refractivity contribution in [2.24, 2.45) is 0 Å². The molecule has 1 heterocycles. The predicted molar refractivity (Wildman–Crippen MR) is 123 cm³/mol. The molecule has 0 atom stereocenters. The zero-order valence-corrected chi connectivity index (χ0v) is 19.2. The first-order chi connectivity index (χ1) is 14.0. The summed E-state index contributed by atoms with van der Waals surface area (Å²) in [6, 6.07) is 15.1. The molecule has 0 unspecified atom stereocenters. The maximum atomic E-state index is 8.89. The highest BCUT2D eigenvalue weighted by Gasteiger charge is 2.12. The lowest BCUT2D eigenvalue weighted by atomic mass is 10.1. The molecule has 1 aromatic heterocycles. The van der Waals surface area contributed by atoms with Crippen LogP contribution in [0.2, 0.25) is 5.15 Å². The van der Waals surface area contributed by atoms with Gasteiger partial charge in [0.2, 0.25) is 5.95 Å². The fraction of sp³-hybridized carbons (Fsp3) is 0.105. The summed E-state index contributed by atoms with van der Waals surface area (Å²) in [7, 11) is 0. The summed E-state index contributed by atoms with van der Waals surface area (Å²) < 4.78 is 1.78. The minimum Gasteiger partial charge on any atom is -0.337 e. The molecule has 10 heteroatoms. The van der Waals surface area contributed by atoms with E-state index >= 15 is 0 Å². The highest BCUT2D eigenvalue weighted by molar-refractivity contribution is 14.1. The van der Waals surface area contributed by atoms with Crippen LogP contribution in [0.5, 0.6) is 0 Å².